The summed E-state index contributed by atoms with van der Waals surface area (Å²) in [6.45, 7) is 0. The van der Waals surface area contributed by atoms with Crippen LogP contribution in [0.15, 0.2) is 54.2 Å². The lowest BCUT2D eigenvalue weighted by atomic mass is 10.1. The van der Waals surface area contributed by atoms with Crippen molar-refractivity contribution in [2.75, 3.05) is 18.2 Å². The SMILES string of the molecule is COc1ccccc1-c1csc(NC(=O)CSCc2cccnc2)n1. The third-order valence-electron chi connectivity index (χ3n) is 3.36. The van der Waals surface area contributed by atoms with Crippen LogP contribution in [0.5, 0.6) is 5.75 Å². The number of anilines is 1. The Labute approximate surface area is 154 Å². The van der Waals surface area contributed by atoms with Gasteiger partial charge in [0.1, 0.15) is 5.75 Å². The molecule has 25 heavy (non-hydrogen) atoms. The molecular formula is C18H17N3O2S2. The number of carbonyl (C=O) groups excluding carboxylic acids is 1. The number of hydrogen-bond donors (Lipinski definition) is 1. The molecule has 1 N–H and O–H groups in total. The lowest BCUT2D eigenvalue weighted by Gasteiger charge is -2.05. The van der Waals surface area contributed by atoms with Crippen LogP contribution in [-0.4, -0.2) is 28.7 Å². The average molecular weight is 371 g/mol. The Morgan fingerprint density at radius 3 is 2.96 bits per heavy atom. The van der Waals surface area contributed by atoms with Gasteiger partial charge in [0, 0.05) is 29.1 Å². The van der Waals surface area contributed by atoms with Crippen molar-refractivity contribution in [3.05, 3.63) is 59.7 Å². The van der Waals surface area contributed by atoms with Crippen molar-refractivity contribution in [1.29, 1.82) is 0 Å². The van der Waals surface area contributed by atoms with Gasteiger partial charge >= 0.3 is 0 Å². The summed E-state index contributed by atoms with van der Waals surface area (Å²) < 4.78 is 5.35. The monoisotopic (exact) mass is 371 g/mol. The molecule has 0 aliphatic rings. The minimum absolute atomic E-state index is 0.0604. The number of para-hydroxylation sites is 1. The van der Waals surface area contributed by atoms with Crippen LogP contribution in [0.4, 0.5) is 5.13 Å². The van der Waals surface area contributed by atoms with Gasteiger partial charge in [0.15, 0.2) is 5.13 Å². The highest BCUT2D eigenvalue weighted by Crippen LogP contribution is 2.31. The average Bonchev–Trinajstić information content (AvgIpc) is 3.10. The molecule has 0 saturated heterocycles. The van der Waals surface area contributed by atoms with Crippen molar-refractivity contribution in [2.24, 2.45) is 0 Å². The molecule has 0 unspecified atom stereocenters. The summed E-state index contributed by atoms with van der Waals surface area (Å²) in [5, 5.41) is 5.35. The highest BCUT2D eigenvalue weighted by Gasteiger charge is 2.11. The van der Waals surface area contributed by atoms with Crippen molar-refractivity contribution in [1.82, 2.24) is 9.97 Å². The number of carbonyl (C=O) groups is 1. The molecule has 3 rings (SSSR count). The Balaban J connectivity index is 1.55. The third kappa shape index (κ3) is 4.80. The third-order valence-corrected chi connectivity index (χ3v) is 5.12. The van der Waals surface area contributed by atoms with Crippen molar-refractivity contribution in [3.8, 4) is 17.0 Å². The quantitative estimate of drug-likeness (QED) is 0.678. The number of ether oxygens (including phenoxy) is 1. The van der Waals surface area contributed by atoms with Crippen LogP contribution < -0.4 is 10.1 Å². The minimum Gasteiger partial charge on any atom is -0.496 e. The van der Waals surface area contributed by atoms with Crippen LogP contribution in [0.1, 0.15) is 5.56 Å². The molecule has 0 radical (unpaired) electrons. The zero-order valence-electron chi connectivity index (χ0n) is 13.6. The maximum Gasteiger partial charge on any atom is 0.236 e. The Morgan fingerprint density at radius 2 is 2.16 bits per heavy atom. The van der Waals surface area contributed by atoms with Crippen LogP contribution in [0, 0.1) is 0 Å². The van der Waals surface area contributed by atoms with E-state index in [1.54, 1.807) is 25.1 Å². The number of thiazole rings is 1. The summed E-state index contributed by atoms with van der Waals surface area (Å²) in [6, 6.07) is 11.6. The van der Waals surface area contributed by atoms with Crippen LogP contribution in [0.2, 0.25) is 0 Å². The van der Waals surface area contributed by atoms with E-state index >= 15 is 0 Å². The number of thioether (sulfide) groups is 1. The van der Waals surface area contributed by atoms with Gasteiger partial charge in [0.2, 0.25) is 5.91 Å². The van der Waals surface area contributed by atoms with Crippen molar-refractivity contribution in [3.63, 3.8) is 0 Å². The van der Waals surface area contributed by atoms with Gasteiger partial charge in [0.25, 0.3) is 0 Å². The fraction of sp³-hybridized carbons (Fsp3) is 0.167. The second-order valence-corrected chi connectivity index (χ2v) is 6.98. The highest BCUT2D eigenvalue weighted by molar-refractivity contribution is 7.99. The van der Waals surface area contributed by atoms with E-state index < -0.39 is 0 Å². The van der Waals surface area contributed by atoms with E-state index in [0.717, 1.165) is 28.3 Å². The number of pyridine rings is 1. The van der Waals surface area contributed by atoms with Gasteiger partial charge in [-0.3, -0.25) is 9.78 Å². The van der Waals surface area contributed by atoms with Crippen molar-refractivity contribution in [2.45, 2.75) is 5.75 Å². The molecular weight excluding hydrogens is 354 g/mol. The van der Waals surface area contributed by atoms with Gasteiger partial charge in [-0.2, -0.15) is 0 Å². The number of methoxy groups -OCH3 is 1. The Bertz CT molecular complexity index is 837. The molecule has 5 nitrogen and oxygen atoms in total. The van der Waals surface area contributed by atoms with E-state index in [2.05, 4.69) is 15.3 Å². The number of hydrogen-bond acceptors (Lipinski definition) is 6. The lowest BCUT2D eigenvalue weighted by molar-refractivity contribution is -0.113. The molecule has 1 amide bonds. The first-order chi connectivity index (χ1) is 12.3. The molecule has 0 atom stereocenters. The molecule has 128 valence electrons. The maximum absolute atomic E-state index is 12.1. The number of amides is 1. The maximum atomic E-state index is 12.1. The minimum atomic E-state index is -0.0604. The summed E-state index contributed by atoms with van der Waals surface area (Å²) in [6.07, 6.45) is 3.55. The predicted octanol–water partition coefficient (Wildman–Crippen LogP) is 4.09. The highest BCUT2D eigenvalue weighted by atomic mass is 32.2. The zero-order chi connectivity index (χ0) is 17.5. The molecule has 0 aliphatic carbocycles. The van der Waals surface area contributed by atoms with Crippen molar-refractivity contribution >= 4 is 34.1 Å². The second kappa shape index (κ2) is 8.64. The van der Waals surface area contributed by atoms with Gasteiger partial charge < -0.3 is 10.1 Å². The van der Waals surface area contributed by atoms with Gasteiger partial charge in [-0.15, -0.1) is 23.1 Å². The molecule has 2 heterocycles. The molecule has 0 bridgehead atoms. The van der Waals surface area contributed by atoms with Crippen LogP contribution in [-0.2, 0) is 10.5 Å². The summed E-state index contributed by atoms with van der Waals surface area (Å²) in [5.74, 6) is 1.83. The van der Waals surface area contributed by atoms with Gasteiger partial charge in [-0.05, 0) is 23.8 Å². The number of nitrogens with zero attached hydrogens (tertiary/aromatic N) is 2. The second-order valence-electron chi connectivity index (χ2n) is 5.14. The summed E-state index contributed by atoms with van der Waals surface area (Å²) in [7, 11) is 1.63. The molecule has 0 aliphatic heterocycles. The first kappa shape index (κ1) is 17.4. The van der Waals surface area contributed by atoms with E-state index in [9.17, 15) is 4.79 Å². The molecule has 1 aromatic carbocycles. The smallest absolute Gasteiger partial charge is 0.236 e. The van der Waals surface area contributed by atoms with E-state index in [-0.39, 0.29) is 5.91 Å². The first-order valence-corrected chi connectivity index (χ1v) is 9.65. The predicted molar refractivity (Wildman–Crippen MR) is 103 cm³/mol. The van der Waals surface area contributed by atoms with E-state index in [4.69, 9.17) is 4.74 Å². The van der Waals surface area contributed by atoms with Crippen LogP contribution in [0.3, 0.4) is 0 Å². The van der Waals surface area contributed by atoms with Crippen molar-refractivity contribution < 1.29 is 9.53 Å². The molecule has 2 aromatic heterocycles. The van der Waals surface area contributed by atoms with Crippen LogP contribution in [0.25, 0.3) is 11.3 Å². The number of nitrogens with one attached hydrogen (secondary N) is 1. The Kier molecular flexibility index (Phi) is 6.03. The largest absolute Gasteiger partial charge is 0.496 e. The fourth-order valence-corrected chi connectivity index (χ4v) is 3.70. The molecule has 0 saturated carbocycles. The van der Waals surface area contributed by atoms with Gasteiger partial charge in [-0.25, -0.2) is 4.98 Å². The number of benzene rings is 1. The van der Waals surface area contributed by atoms with Crippen LogP contribution >= 0.6 is 23.1 Å². The number of rotatable bonds is 7. The zero-order valence-corrected chi connectivity index (χ0v) is 15.3. The normalized spacial score (nSPS) is 10.4. The number of aromatic nitrogens is 2. The van der Waals surface area contributed by atoms with Gasteiger partial charge in [-0.1, -0.05) is 18.2 Å². The molecule has 0 fully saturated rings. The van der Waals surface area contributed by atoms with Gasteiger partial charge in [0.05, 0.1) is 18.6 Å². The Morgan fingerprint density at radius 1 is 1.28 bits per heavy atom. The summed E-state index contributed by atoms with van der Waals surface area (Å²) >= 11 is 2.95. The summed E-state index contributed by atoms with van der Waals surface area (Å²) in [4.78, 5) is 20.6. The Hall–Kier alpha value is -2.38. The fourth-order valence-electron chi connectivity index (χ4n) is 2.21. The topological polar surface area (TPSA) is 64.1 Å². The van der Waals surface area contributed by atoms with E-state index in [1.165, 1.54) is 11.3 Å². The molecule has 3 aromatic rings. The standard InChI is InChI=1S/C18H17N3O2S2/c1-23-16-7-3-2-6-14(16)15-11-25-18(20-15)21-17(22)12-24-10-13-5-4-8-19-9-13/h2-9,11H,10,12H2,1H3,(H,20,21,22). The lowest BCUT2D eigenvalue weighted by Crippen LogP contribution is -2.14. The molecule has 7 heteroatoms. The summed E-state index contributed by atoms with van der Waals surface area (Å²) in [5.41, 5.74) is 2.81. The van der Waals surface area contributed by atoms with E-state index in [1.807, 2.05) is 48.0 Å². The molecule has 0 spiro atoms. The first-order valence-electron chi connectivity index (χ1n) is 7.61. The van der Waals surface area contributed by atoms with E-state index in [0.29, 0.717) is 10.9 Å².